The van der Waals surface area contributed by atoms with E-state index in [1.54, 1.807) is 16.7 Å². The molecule has 0 bridgehead atoms. The van der Waals surface area contributed by atoms with Gasteiger partial charge in [-0.3, -0.25) is 9.59 Å². The molecule has 1 aliphatic carbocycles. The van der Waals surface area contributed by atoms with Crippen LogP contribution in [0.25, 0.3) is 10.9 Å². The number of benzene rings is 2. The second kappa shape index (κ2) is 7.61. The van der Waals surface area contributed by atoms with Gasteiger partial charge >= 0.3 is 0 Å². The van der Waals surface area contributed by atoms with Gasteiger partial charge in [-0.1, -0.05) is 40.2 Å². The third kappa shape index (κ3) is 3.46. The Morgan fingerprint density at radius 1 is 1.29 bits per heavy atom. The molecule has 2 aromatic carbocycles. The minimum absolute atomic E-state index is 0.00678. The van der Waals surface area contributed by atoms with E-state index in [-0.39, 0.29) is 29.5 Å². The van der Waals surface area contributed by atoms with Crippen LogP contribution in [0.3, 0.4) is 0 Å². The van der Waals surface area contributed by atoms with Crippen LogP contribution in [-0.2, 0) is 17.8 Å². The highest BCUT2D eigenvalue weighted by molar-refractivity contribution is 9.10. The van der Waals surface area contributed by atoms with E-state index in [1.807, 2.05) is 24.3 Å². The van der Waals surface area contributed by atoms with Crippen LogP contribution in [-0.4, -0.2) is 10.5 Å². The average molecular weight is 436 g/mol. The van der Waals surface area contributed by atoms with E-state index >= 15 is 0 Å². The van der Waals surface area contributed by atoms with Crippen LogP contribution in [0.15, 0.2) is 57.9 Å². The molecule has 1 N–H and O–H groups in total. The number of nitrogens with zero attached hydrogens (tertiary/aromatic N) is 2. The van der Waals surface area contributed by atoms with E-state index < -0.39 is 0 Å². The molecule has 3 aromatic rings. The van der Waals surface area contributed by atoms with Gasteiger partial charge in [0, 0.05) is 16.1 Å². The molecule has 1 amide bonds. The summed E-state index contributed by atoms with van der Waals surface area (Å²) in [7, 11) is 0. The minimum atomic E-state index is -0.323. The number of aromatic nitrogens is 1. The molecule has 28 heavy (non-hydrogen) atoms. The number of nitrogens with one attached hydrogen (secondary N) is 1. The predicted molar refractivity (Wildman–Crippen MR) is 111 cm³/mol. The molecular formula is C22H18BrN3O2. The molecule has 140 valence electrons. The standard InChI is InChI=1S/C22H18BrN3O2/c23-16-8-9-20-18(10-16)22(28)15(11-24)12-26(20)13-21(27)25-19-7-3-5-14-4-1-2-6-17(14)19/h1-2,4,6,8-10,12,19H,3,5,7,13H2,(H,25,27)/t19-/m0/s1. The number of nitriles is 1. The van der Waals surface area contributed by atoms with Crippen molar-refractivity contribution in [1.29, 1.82) is 5.26 Å². The van der Waals surface area contributed by atoms with Gasteiger partial charge in [0.15, 0.2) is 0 Å². The van der Waals surface area contributed by atoms with Crippen molar-refractivity contribution in [3.05, 3.63) is 80.0 Å². The smallest absolute Gasteiger partial charge is 0.240 e. The van der Waals surface area contributed by atoms with Gasteiger partial charge in [0.25, 0.3) is 0 Å². The SMILES string of the molecule is N#Cc1cn(CC(=O)N[C@H]2CCCc3ccccc32)c2ccc(Br)cc2c1=O. The average Bonchev–Trinajstić information content (AvgIpc) is 2.70. The molecule has 1 aromatic heterocycles. The van der Waals surface area contributed by atoms with Gasteiger partial charge in [-0.15, -0.1) is 0 Å². The topological polar surface area (TPSA) is 74.9 Å². The van der Waals surface area contributed by atoms with Gasteiger partial charge in [0.2, 0.25) is 11.3 Å². The molecule has 0 fully saturated rings. The van der Waals surface area contributed by atoms with Crippen LogP contribution < -0.4 is 10.7 Å². The summed E-state index contributed by atoms with van der Waals surface area (Å²) in [5.74, 6) is -0.140. The number of hydrogen-bond donors (Lipinski definition) is 1. The fraction of sp³-hybridized carbons (Fsp3) is 0.227. The van der Waals surface area contributed by atoms with Gasteiger partial charge in [-0.05, 0) is 48.6 Å². The zero-order chi connectivity index (χ0) is 19.7. The summed E-state index contributed by atoms with van der Waals surface area (Å²) in [5, 5.41) is 12.8. The van der Waals surface area contributed by atoms with Crippen molar-refractivity contribution in [3.8, 4) is 6.07 Å². The second-order valence-electron chi connectivity index (χ2n) is 6.98. The highest BCUT2D eigenvalue weighted by Gasteiger charge is 2.21. The van der Waals surface area contributed by atoms with Gasteiger partial charge < -0.3 is 9.88 Å². The molecule has 0 radical (unpaired) electrons. The normalized spacial score (nSPS) is 15.6. The Morgan fingerprint density at radius 2 is 2.11 bits per heavy atom. The first kappa shape index (κ1) is 18.5. The number of carbonyl (C=O) groups is 1. The lowest BCUT2D eigenvalue weighted by Crippen LogP contribution is -2.33. The maximum Gasteiger partial charge on any atom is 0.240 e. The summed E-state index contributed by atoms with van der Waals surface area (Å²) in [6.45, 7) is 0.0474. The van der Waals surface area contributed by atoms with Crippen LogP contribution in [0.5, 0.6) is 0 Å². The molecule has 0 unspecified atom stereocenters. The van der Waals surface area contributed by atoms with E-state index in [0.717, 1.165) is 23.7 Å². The summed E-state index contributed by atoms with van der Waals surface area (Å²) in [4.78, 5) is 25.2. The third-order valence-corrected chi connectivity index (χ3v) is 5.67. The molecule has 0 saturated carbocycles. The number of hydrogen-bond acceptors (Lipinski definition) is 3. The number of halogens is 1. The zero-order valence-corrected chi connectivity index (χ0v) is 16.7. The Balaban J connectivity index is 1.64. The van der Waals surface area contributed by atoms with E-state index in [9.17, 15) is 14.9 Å². The lowest BCUT2D eigenvalue weighted by Gasteiger charge is -2.26. The van der Waals surface area contributed by atoms with E-state index in [1.165, 1.54) is 17.3 Å². The first-order valence-electron chi connectivity index (χ1n) is 9.17. The van der Waals surface area contributed by atoms with Crippen molar-refractivity contribution < 1.29 is 4.79 Å². The van der Waals surface area contributed by atoms with Crippen molar-refractivity contribution in [2.75, 3.05) is 0 Å². The van der Waals surface area contributed by atoms with E-state index in [0.29, 0.717) is 10.9 Å². The summed E-state index contributed by atoms with van der Waals surface area (Å²) in [6.07, 6.45) is 4.44. The van der Waals surface area contributed by atoms with Gasteiger partial charge in [-0.2, -0.15) is 5.26 Å². The van der Waals surface area contributed by atoms with Gasteiger partial charge in [0.1, 0.15) is 18.2 Å². The highest BCUT2D eigenvalue weighted by Crippen LogP contribution is 2.29. The number of amides is 1. The summed E-state index contributed by atoms with van der Waals surface area (Å²) in [5.41, 5.74) is 2.79. The summed E-state index contributed by atoms with van der Waals surface area (Å²) in [6, 6.07) is 15.4. The molecule has 0 saturated heterocycles. The largest absolute Gasteiger partial charge is 0.348 e. The van der Waals surface area contributed by atoms with Crippen LogP contribution in [0, 0.1) is 11.3 Å². The second-order valence-corrected chi connectivity index (χ2v) is 7.90. The van der Waals surface area contributed by atoms with Gasteiger partial charge in [0.05, 0.1) is 11.6 Å². The molecule has 4 rings (SSSR count). The quantitative estimate of drug-likeness (QED) is 0.678. The molecule has 1 heterocycles. The molecule has 1 atom stereocenters. The lowest BCUT2D eigenvalue weighted by atomic mass is 9.88. The molecule has 5 nitrogen and oxygen atoms in total. The Hall–Kier alpha value is -2.91. The summed E-state index contributed by atoms with van der Waals surface area (Å²) >= 11 is 3.36. The van der Waals surface area contributed by atoms with Crippen LogP contribution in [0.1, 0.15) is 35.6 Å². The molecule has 1 aliphatic rings. The van der Waals surface area contributed by atoms with Crippen molar-refractivity contribution in [1.82, 2.24) is 9.88 Å². The predicted octanol–water partition coefficient (Wildman–Crippen LogP) is 3.83. The highest BCUT2D eigenvalue weighted by atomic mass is 79.9. The third-order valence-electron chi connectivity index (χ3n) is 5.18. The van der Waals surface area contributed by atoms with Crippen molar-refractivity contribution in [2.45, 2.75) is 31.8 Å². The fourth-order valence-corrected chi connectivity index (χ4v) is 4.24. The van der Waals surface area contributed by atoms with Crippen LogP contribution >= 0.6 is 15.9 Å². The van der Waals surface area contributed by atoms with Crippen LogP contribution in [0.2, 0.25) is 0 Å². The Labute approximate surface area is 170 Å². The maximum atomic E-state index is 12.8. The maximum absolute atomic E-state index is 12.8. The van der Waals surface area contributed by atoms with Crippen molar-refractivity contribution >= 4 is 32.7 Å². The van der Waals surface area contributed by atoms with Crippen molar-refractivity contribution in [3.63, 3.8) is 0 Å². The number of rotatable bonds is 3. The lowest BCUT2D eigenvalue weighted by molar-refractivity contribution is -0.122. The van der Waals surface area contributed by atoms with E-state index in [4.69, 9.17) is 0 Å². The first-order valence-corrected chi connectivity index (χ1v) is 9.96. The number of fused-ring (bicyclic) bond motifs is 2. The van der Waals surface area contributed by atoms with Crippen LogP contribution in [0.4, 0.5) is 0 Å². The number of carbonyl (C=O) groups excluding carboxylic acids is 1. The Morgan fingerprint density at radius 3 is 2.93 bits per heavy atom. The Kier molecular flexibility index (Phi) is 5.01. The number of pyridine rings is 1. The molecule has 6 heteroatoms. The first-order chi connectivity index (χ1) is 13.6. The zero-order valence-electron chi connectivity index (χ0n) is 15.1. The molecular weight excluding hydrogens is 418 g/mol. The monoisotopic (exact) mass is 435 g/mol. The van der Waals surface area contributed by atoms with Gasteiger partial charge in [-0.25, -0.2) is 0 Å². The van der Waals surface area contributed by atoms with E-state index in [2.05, 4.69) is 33.4 Å². The Bertz CT molecular complexity index is 1180. The molecule has 0 aliphatic heterocycles. The number of aryl methyl sites for hydroxylation is 1. The molecule has 0 spiro atoms. The summed E-state index contributed by atoms with van der Waals surface area (Å²) < 4.78 is 2.42. The van der Waals surface area contributed by atoms with Crippen molar-refractivity contribution in [2.24, 2.45) is 0 Å². The minimum Gasteiger partial charge on any atom is -0.348 e. The fourth-order valence-electron chi connectivity index (χ4n) is 3.88.